The Hall–Kier alpha value is -3.09. The number of hydrogen-bond acceptors (Lipinski definition) is 4. The van der Waals surface area contributed by atoms with Gasteiger partial charge in [0.05, 0.1) is 22.8 Å². The van der Waals surface area contributed by atoms with Crippen LogP contribution in [0.1, 0.15) is 26.5 Å². The molecule has 0 bridgehead atoms. The van der Waals surface area contributed by atoms with Gasteiger partial charge in [-0.1, -0.05) is 0 Å². The zero-order valence-corrected chi connectivity index (χ0v) is 12.4. The van der Waals surface area contributed by atoms with Gasteiger partial charge in [-0.05, 0) is 18.2 Å². The highest BCUT2D eigenvalue weighted by Crippen LogP contribution is 2.23. The number of benzene rings is 1. The van der Waals surface area contributed by atoms with Crippen molar-refractivity contribution < 1.29 is 14.0 Å². The Morgan fingerprint density at radius 2 is 2.30 bits per heavy atom. The van der Waals surface area contributed by atoms with Crippen LogP contribution in [0.3, 0.4) is 0 Å². The van der Waals surface area contributed by atoms with E-state index in [1.807, 2.05) is 19.2 Å². The molecule has 0 saturated carbocycles. The molecule has 7 nitrogen and oxygen atoms in total. The third kappa shape index (κ3) is 2.17. The number of hydrogen-bond donors (Lipinski definition) is 2. The van der Waals surface area contributed by atoms with E-state index in [1.165, 1.54) is 6.26 Å². The standard InChI is InChI=1S/C16H14N4O3/c1-20-12-3-2-10(6-9(12)7-18-20)19-15(21)11-8-23-13-4-5-17-16(22)14(11)13/h2-3,6-8H,4-5H2,1H3,(H,17,22)(H,19,21). The molecule has 1 aliphatic rings. The quantitative estimate of drug-likeness (QED) is 0.754. The van der Waals surface area contributed by atoms with Crippen LogP contribution in [-0.4, -0.2) is 28.1 Å². The van der Waals surface area contributed by atoms with Crippen molar-refractivity contribution in [2.45, 2.75) is 6.42 Å². The third-order valence-corrected chi connectivity index (χ3v) is 3.98. The highest BCUT2D eigenvalue weighted by Gasteiger charge is 2.27. The topological polar surface area (TPSA) is 89.2 Å². The van der Waals surface area contributed by atoms with E-state index >= 15 is 0 Å². The lowest BCUT2D eigenvalue weighted by atomic mass is 10.0. The predicted molar refractivity (Wildman–Crippen MR) is 83.4 cm³/mol. The Balaban J connectivity index is 1.64. The summed E-state index contributed by atoms with van der Waals surface area (Å²) in [7, 11) is 1.86. The Morgan fingerprint density at radius 3 is 3.17 bits per heavy atom. The average Bonchev–Trinajstić information content (AvgIpc) is 3.12. The second-order valence-corrected chi connectivity index (χ2v) is 5.45. The van der Waals surface area contributed by atoms with Crippen LogP contribution in [0.5, 0.6) is 0 Å². The molecule has 1 aliphatic heterocycles. The molecular formula is C16H14N4O3. The van der Waals surface area contributed by atoms with Crippen LogP contribution in [0.15, 0.2) is 35.1 Å². The summed E-state index contributed by atoms with van der Waals surface area (Å²) in [6.45, 7) is 0.526. The molecule has 0 spiro atoms. The maximum absolute atomic E-state index is 12.5. The molecule has 23 heavy (non-hydrogen) atoms. The van der Waals surface area contributed by atoms with Crippen molar-refractivity contribution in [2.75, 3.05) is 11.9 Å². The summed E-state index contributed by atoms with van der Waals surface area (Å²) in [5.41, 5.74) is 2.20. The van der Waals surface area contributed by atoms with E-state index in [1.54, 1.807) is 16.9 Å². The van der Waals surface area contributed by atoms with Gasteiger partial charge in [0.1, 0.15) is 12.0 Å². The highest BCUT2D eigenvalue weighted by molar-refractivity contribution is 6.13. The van der Waals surface area contributed by atoms with Gasteiger partial charge in [-0.2, -0.15) is 5.10 Å². The zero-order valence-electron chi connectivity index (χ0n) is 12.4. The summed E-state index contributed by atoms with van der Waals surface area (Å²) in [6.07, 6.45) is 3.67. The summed E-state index contributed by atoms with van der Waals surface area (Å²) in [6, 6.07) is 5.52. The fourth-order valence-electron chi connectivity index (χ4n) is 2.82. The van der Waals surface area contributed by atoms with E-state index < -0.39 is 0 Å². The van der Waals surface area contributed by atoms with E-state index in [4.69, 9.17) is 4.42 Å². The van der Waals surface area contributed by atoms with Gasteiger partial charge in [0.25, 0.3) is 11.8 Å². The van der Waals surface area contributed by atoms with Gasteiger partial charge in [-0.25, -0.2) is 0 Å². The van der Waals surface area contributed by atoms with Crippen LogP contribution >= 0.6 is 0 Å². The number of furan rings is 1. The fraction of sp³-hybridized carbons (Fsp3) is 0.188. The van der Waals surface area contributed by atoms with Crippen LogP contribution in [0.4, 0.5) is 5.69 Å². The minimum absolute atomic E-state index is 0.253. The summed E-state index contributed by atoms with van der Waals surface area (Å²) < 4.78 is 7.12. The maximum Gasteiger partial charge on any atom is 0.259 e. The summed E-state index contributed by atoms with van der Waals surface area (Å²) in [4.78, 5) is 24.4. The molecule has 3 aromatic rings. The number of fused-ring (bicyclic) bond motifs is 2. The minimum Gasteiger partial charge on any atom is -0.468 e. The summed E-state index contributed by atoms with van der Waals surface area (Å²) >= 11 is 0. The molecule has 2 amide bonds. The fourth-order valence-corrected chi connectivity index (χ4v) is 2.82. The lowest BCUT2D eigenvalue weighted by molar-refractivity contribution is 0.0932. The number of amides is 2. The van der Waals surface area contributed by atoms with E-state index in [2.05, 4.69) is 15.7 Å². The first-order valence-corrected chi connectivity index (χ1v) is 7.25. The molecule has 0 saturated heterocycles. The average molecular weight is 310 g/mol. The minimum atomic E-state index is -0.365. The van der Waals surface area contributed by atoms with Gasteiger partial charge in [-0.3, -0.25) is 14.3 Å². The van der Waals surface area contributed by atoms with Gasteiger partial charge >= 0.3 is 0 Å². The lowest BCUT2D eigenvalue weighted by Gasteiger charge is -2.12. The first kappa shape index (κ1) is 13.6. The summed E-state index contributed by atoms with van der Waals surface area (Å²) in [5.74, 6) is -0.0789. The molecule has 2 N–H and O–H groups in total. The number of aryl methyl sites for hydroxylation is 1. The van der Waals surface area contributed by atoms with Gasteiger partial charge in [0, 0.05) is 31.1 Å². The van der Waals surface area contributed by atoms with Gasteiger partial charge in [0.15, 0.2) is 0 Å². The molecule has 4 rings (SSSR count). The van der Waals surface area contributed by atoms with Gasteiger partial charge in [-0.15, -0.1) is 0 Å². The first-order chi connectivity index (χ1) is 11.1. The van der Waals surface area contributed by atoms with Crippen LogP contribution in [0.2, 0.25) is 0 Å². The van der Waals surface area contributed by atoms with Crippen LogP contribution in [0.25, 0.3) is 10.9 Å². The van der Waals surface area contributed by atoms with Crippen molar-refractivity contribution in [3.63, 3.8) is 0 Å². The Morgan fingerprint density at radius 1 is 1.43 bits per heavy atom. The molecule has 2 aromatic heterocycles. The molecule has 0 radical (unpaired) electrons. The Bertz CT molecular complexity index is 938. The largest absolute Gasteiger partial charge is 0.468 e. The monoisotopic (exact) mass is 310 g/mol. The number of rotatable bonds is 2. The molecule has 7 heteroatoms. The van der Waals surface area contributed by atoms with Crippen molar-refractivity contribution in [3.8, 4) is 0 Å². The number of aromatic nitrogens is 2. The highest BCUT2D eigenvalue weighted by atomic mass is 16.3. The van der Waals surface area contributed by atoms with E-state index in [0.29, 0.717) is 30.0 Å². The van der Waals surface area contributed by atoms with Crippen molar-refractivity contribution >= 4 is 28.4 Å². The second-order valence-electron chi connectivity index (χ2n) is 5.45. The molecule has 0 atom stereocenters. The van der Waals surface area contributed by atoms with Crippen molar-refractivity contribution in [2.24, 2.45) is 7.05 Å². The van der Waals surface area contributed by atoms with Crippen LogP contribution < -0.4 is 10.6 Å². The molecule has 3 heterocycles. The van der Waals surface area contributed by atoms with E-state index in [0.717, 1.165) is 10.9 Å². The van der Waals surface area contributed by atoms with Crippen LogP contribution in [-0.2, 0) is 13.5 Å². The molecular weight excluding hydrogens is 296 g/mol. The first-order valence-electron chi connectivity index (χ1n) is 7.25. The Kier molecular flexibility index (Phi) is 2.94. The van der Waals surface area contributed by atoms with Crippen molar-refractivity contribution in [1.29, 1.82) is 0 Å². The van der Waals surface area contributed by atoms with Gasteiger partial charge < -0.3 is 15.1 Å². The predicted octanol–water partition coefficient (Wildman–Crippen LogP) is 1.70. The normalized spacial score (nSPS) is 13.7. The molecule has 0 aliphatic carbocycles. The van der Waals surface area contributed by atoms with E-state index in [-0.39, 0.29) is 17.4 Å². The van der Waals surface area contributed by atoms with Gasteiger partial charge in [0.2, 0.25) is 0 Å². The zero-order chi connectivity index (χ0) is 16.0. The number of carbonyl (C=O) groups excluding carboxylic acids is 2. The molecule has 0 fully saturated rings. The molecule has 1 aromatic carbocycles. The number of nitrogens with one attached hydrogen (secondary N) is 2. The second kappa shape index (κ2) is 4.98. The molecule has 116 valence electrons. The third-order valence-electron chi connectivity index (χ3n) is 3.98. The summed E-state index contributed by atoms with van der Waals surface area (Å²) in [5, 5.41) is 10.6. The lowest BCUT2D eigenvalue weighted by Crippen LogP contribution is -2.32. The Labute approximate surface area is 131 Å². The van der Waals surface area contributed by atoms with Crippen molar-refractivity contribution in [1.82, 2.24) is 15.1 Å². The van der Waals surface area contributed by atoms with Crippen LogP contribution in [0, 0.1) is 0 Å². The smallest absolute Gasteiger partial charge is 0.259 e. The number of anilines is 1. The SMILES string of the molecule is Cn1ncc2cc(NC(=O)c3coc4c3C(=O)NCC4)ccc21. The number of nitrogens with zero attached hydrogens (tertiary/aromatic N) is 2. The van der Waals surface area contributed by atoms with E-state index in [9.17, 15) is 9.59 Å². The van der Waals surface area contributed by atoms with Crippen molar-refractivity contribution in [3.05, 3.63) is 47.5 Å². The number of carbonyl (C=O) groups is 2. The molecule has 0 unspecified atom stereocenters. The maximum atomic E-state index is 12.5.